The van der Waals surface area contributed by atoms with Crippen LogP contribution in [0.5, 0.6) is 0 Å². The van der Waals surface area contributed by atoms with Gasteiger partial charge in [0.05, 0.1) is 32.5 Å². The fourth-order valence-corrected chi connectivity index (χ4v) is 5.64. The zero-order valence-corrected chi connectivity index (χ0v) is 22.2. The van der Waals surface area contributed by atoms with Gasteiger partial charge in [0, 0.05) is 11.3 Å². The van der Waals surface area contributed by atoms with E-state index in [9.17, 15) is 0 Å². The zero-order valence-electron chi connectivity index (χ0n) is 21.4. The molecule has 0 aliphatic carbocycles. The van der Waals surface area contributed by atoms with E-state index in [0.717, 1.165) is 23.1 Å². The molecule has 0 bridgehead atoms. The molecule has 5 heteroatoms. The smallest absolute Gasteiger partial charge is 0.113 e. The quantitative estimate of drug-likeness (QED) is 0.194. The van der Waals surface area contributed by atoms with E-state index in [-0.39, 0.29) is 23.7 Å². The summed E-state index contributed by atoms with van der Waals surface area (Å²) in [6, 6.07) is 41.1. The van der Waals surface area contributed by atoms with Gasteiger partial charge < -0.3 is 18.9 Å². The van der Waals surface area contributed by atoms with Gasteiger partial charge in [0.1, 0.15) is 17.6 Å². The maximum absolute atomic E-state index is 6.64. The third-order valence-corrected chi connectivity index (χ3v) is 7.59. The van der Waals surface area contributed by atoms with Crippen LogP contribution in [0.15, 0.2) is 126 Å². The number of hydrogen-bond acceptors (Lipinski definition) is 5. The number of thioether (sulfide) groups is 1. The fraction of sp³-hybridized carbons (Fsp3) is 0.273. The molecule has 0 spiro atoms. The largest absolute Gasteiger partial charge is 0.374 e. The molecule has 4 nitrogen and oxygen atoms in total. The van der Waals surface area contributed by atoms with E-state index in [4.69, 9.17) is 18.9 Å². The second-order valence-corrected chi connectivity index (χ2v) is 10.6. The lowest BCUT2D eigenvalue weighted by atomic mass is 10.0. The summed E-state index contributed by atoms with van der Waals surface area (Å²) in [4.78, 5) is 1.17. The average molecular weight is 527 g/mol. The van der Waals surface area contributed by atoms with Gasteiger partial charge in [0.25, 0.3) is 0 Å². The third kappa shape index (κ3) is 8.03. The van der Waals surface area contributed by atoms with E-state index >= 15 is 0 Å². The first kappa shape index (κ1) is 26.7. The van der Waals surface area contributed by atoms with E-state index in [1.54, 1.807) is 11.8 Å². The van der Waals surface area contributed by atoms with Crippen LogP contribution in [-0.2, 0) is 38.8 Å². The van der Waals surface area contributed by atoms with Gasteiger partial charge in [0.15, 0.2) is 0 Å². The van der Waals surface area contributed by atoms with Crippen LogP contribution in [0.25, 0.3) is 0 Å². The Labute approximate surface area is 229 Å². The highest BCUT2D eigenvalue weighted by atomic mass is 32.2. The van der Waals surface area contributed by atoms with Gasteiger partial charge in [-0.05, 0) is 28.8 Å². The van der Waals surface area contributed by atoms with Crippen molar-refractivity contribution in [2.75, 3.05) is 6.61 Å². The first-order valence-electron chi connectivity index (χ1n) is 13.1. The van der Waals surface area contributed by atoms with Crippen LogP contribution >= 0.6 is 11.8 Å². The highest BCUT2D eigenvalue weighted by Gasteiger charge is 2.41. The summed E-state index contributed by atoms with van der Waals surface area (Å²) in [5.74, 6) is 0. The summed E-state index contributed by atoms with van der Waals surface area (Å²) in [7, 11) is 0. The second kappa shape index (κ2) is 14.3. The van der Waals surface area contributed by atoms with Crippen molar-refractivity contribution in [1.29, 1.82) is 0 Å². The summed E-state index contributed by atoms with van der Waals surface area (Å²) >= 11 is 1.73. The topological polar surface area (TPSA) is 36.9 Å². The molecule has 38 heavy (non-hydrogen) atoms. The minimum atomic E-state index is -0.266. The van der Waals surface area contributed by atoms with Crippen LogP contribution in [0.3, 0.4) is 0 Å². The van der Waals surface area contributed by atoms with Gasteiger partial charge in [-0.2, -0.15) is 0 Å². The van der Waals surface area contributed by atoms with Crippen molar-refractivity contribution in [3.63, 3.8) is 0 Å². The molecule has 0 radical (unpaired) electrons. The lowest BCUT2D eigenvalue weighted by Crippen LogP contribution is -2.51. The monoisotopic (exact) mass is 526 g/mol. The van der Waals surface area contributed by atoms with Crippen molar-refractivity contribution in [1.82, 2.24) is 0 Å². The molecule has 196 valence electrons. The molecule has 5 rings (SSSR count). The molecule has 0 amide bonds. The highest BCUT2D eigenvalue weighted by molar-refractivity contribution is 7.99. The lowest BCUT2D eigenvalue weighted by molar-refractivity contribution is -0.204. The molecular weight excluding hydrogens is 492 g/mol. The van der Waals surface area contributed by atoms with E-state index in [2.05, 4.69) is 60.7 Å². The number of rotatable bonds is 12. The molecule has 4 aromatic rings. The van der Waals surface area contributed by atoms with Crippen LogP contribution in [-0.4, -0.2) is 30.4 Å². The highest BCUT2D eigenvalue weighted by Crippen LogP contribution is 2.36. The SMILES string of the molecule is c1ccc(COCC2O[C@@H](Sc3ccccc3)C[C@@H](OCc3ccccc3)C2OCc2ccccc2)cc1. The van der Waals surface area contributed by atoms with Crippen molar-refractivity contribution < 1.29 is 18.9 Å². The number of benzene rings is 4. The van der Waals surface area contributed by atoms with E-state index in [1.807, 2.05) is 60.7 Å². The number of hydrogen-bond donors (Lipinski definition) is 0. The maximum atomic E-state index is 6.64. The van der Waals surface area contributed by atoms with Crippen LogP contribution in [0.4, 0.5) is 0 Å². The standard InChI is InChI=1S/C33H34O4S/c1-5-13-26(14-6-1)22-34-25-31-33(36-24-28-17-9-3-10-18-28)30(35-23-27-15-7-2-8-16-27)21-32(37-31)38-29-19-11-4-12-20-29/h1-20,30-33H,21-25H2/t30-,31?,32+,33?/m1/s1. The van der Waals surface area contributed by atoms with Crippen LogP contribution in [0.1, 0.15) is 23.1 Å². The predicted octanol–water partition coefficient (Wildman–Crippen LogP) is 7.28. The Kier molecular flexibility index (Phi) is 10.0. The molecule has 2 unspecified atom stereocenters. The van der Waals surface area contributed by atoms with Gasteiger partial charge in [-0.3, -0.25) is 0 Å². The molecule has 0 aromatic heterocycles. The fourth-order valence-electron chi connectivity index (χ4n) is 4.54. The molecule has 4 atom stereocenters. The summed E-state index contributed by atoms with van der Waals surface area (Å²) in [6.45, 7) is 1.96. The molecule has 0 N–H and O–H groups in total. The van der Waals surface area contributed by atoms with Gasteiger partial charge in [-0.15, -0.1) is 0 Å². The van der Waals surface area contributed by atoms with E-state index in [1.165, 1.54) is 4.90 Å². The van der Waals surface area contributed by atoms with Crippen molar-refractivity contribution >= 4 is 11.8 Å². The Balaban J connectivity index is 1.33. The minimum absolute atomic E-state index is 0.0694. The predicted molar refractivity (Wildman–Crippen MR) is 152 cm³/mol. The van der Waals surface area contributed by atoms with Crippen LogP contribution < -0.4 is 0 Å². The summed E-state index contributed by atoms with van der Waals surface area (Å²) < 4.78 is 25.9. The summed E-state index contributed by atoms with van der Waals surface area (Å²) in [5.41, 5.74) is 3.33. The average Bonchev–Trinajstić information content (AvgIpc) is 2.98. The first-order valence-corrected chi connectivity index (χ1v) is 14.0. The molecule has 0 saturated carbocycles. The summed E-state index contributed by atoms with van der Waals surface area (Å²) in [5, 5.41) is 0. The molecular formula is C33H34O4S. The Morgan fingerprint density at radius 1 is 0.605 bits per heavy atom. The molecule has 1 aliphatic rings. The zero-order chi connectivity index (χ0) is 25.8. The van der Waals surface area contributed by atoms with Crippen molar-refractivity contribution in [2.24, 2.45) is 0 Å². The molecule has 4 aromatic carbocycles. The first-order chi connectivity index (χ1) is 18.8. The maximum Gasteiger partial charge on any atom is 0.113 e. The third-order valence-electron chi connectivity index (χ3n) is 6.48. The van der Waals surface area contributed by atoms with Gasteiger partial charge >= 0.3 is 0 Å². The van der Waals surface area contributed by atoms with E-state index in [0.29, 0.717) is 26.4 Å². The minimum Gasteiger partial charge on any atom is -0.374 e. The normalized spacial score (nSPS) is 21.3. The Hall–Kier alpha value is -2.93. The molecule has 1 fully saturated rings. The Morgan fingerprint density at radius 2 is 1.11 bits per heavy atom. The molecule has 1 saturated heterocycles. The van der Waals surface area contributed by atoms with Gasteiger partial charge in [-0.25, -0.2) is 0 Å². The van der Waals surface area contributed by atoms with Gasteiger partial charge in [0.2, 0.25) is 0 Å². The van der Waals surface area contributed by atoms with E-state index < -0.39 is 0 Å². The van der Waals surface area contributed by atoms with Crippen LogP contribution in [0, 0.1) is 0 Å². The van der Waals surface area contributed by atoms with Crippen molar-refractivity contribution in [3.8, 4) is 0 Å². The second-order valence-electron chi connectivity index (χ2n) is 9.37. The summed E-state index contributed by atoms with van der Waals surface area (Å²) in [6.07, 6.45) is 0.0563. The molecule has 1 aliphatic heterocycles. The van der Waals surface area contributed by atoms with Crippen molar-refractivity contribution in [3.05, 3.63) is 138 Å². The Morgan fingerprint density at radius 3 is 1.68 bits per heavy atom. The van der Waals surface area contributed by atoms with Gasteiger partial charge in [-0.1, -0.05) is 121 Å². The lowest BCUT2D eigenvalue weighted by Gasteiger charge is -2.41. The molecule has 1 heterocycles. The number of ether oxygens (including phenoxy) is 4. The van der Waals surface area contributed by atoms with Crippen molar-refractivity contribution in [2.45, 2.75) is 54.9 Å². The van der Waals surface area contributed by atoms with Crippen LogP contribution in [0.2, 0.25) is 0 Å². The Bertz CT molecular complexity index is 1190.